The number of rotatable bonds is 6. The largest absolute Gasteiger partial charge is 0.346 e. The summed E-state index contributed by atoms with van der Waals surface area (Å²) >= 11 is 0. The van der Waals surface area contributed by atoms with Gasteiger partial charge in [-0.1, -0.05) is 43.9 Å². The Hall–Kier alpha value is -1.84. The van der Waals surface area contributed by atoms with Crippen molar-refractivity contribution < 1.29 is 9.59 Å². The minimum absolute atomic E-state index is 0.0296. The monoisotopic (exact) mass is 368 g/mol. The molecule has 1 aromatic carbocycles. The number of benzene rings is 1. The second-order valence-corrected chi connectivity index (χ2v) is 8.98. The van der Waals surface area contributed by atoms with Crippen LogP contribution in [0.25, 0.3) is 0 Å². The Labute approximate surface area is 162 Å². The van der Waals surface area contributed by atoms with Crippen molar-refractivity contribution in [1.82, 2.24) is 10.2 Å². The van der Waals surface area contributed by atoms with Gasteiger partial charge in [0.05, 0.1) is 0 Å². The van der Waals surface area contributed by atoms with Crippen LogP contribution in [0.15, 0.2) is 30.3 Å². The Morgan fingerprint density at radius 2 is 1.63 bits per heavy atom. The molecule has 1 N–H and O–H groups in total. The van der Waals surface area contributed by atoms with Crippen molar-refractivity contribution in [3.8, 4) is 0 Å². The van der Waals surface area contributed by atoms with Gasteiger partial charge >= 0.3 is 0 Å². The molecular formula is C23H32N2O2. The molecule has 4 rings (SSSR count). The van der Waals surface area contributed by atoms with Gasteiger partial charge in [0.1, 0.15) is 0 Å². The molecule has 146 valence electrons. The fourth-order valence-electron chi connectivity index (χ4n) is 4.93. The van der Waals surface area contributed by atoms with Crippen LogP contribution in [0.4, 0.5) is 0 Å². The molecule has 27 heavy (non-hydrogen) atoms. The van der Waals surface area contributed by atoms with Crippen molar-refractivity contribution in [2.45, 2.75) is 69.7 Å². The maximum Gasteiger partial charge on any atom is 0.251 e. The molecule has 2 aliphatic carbocycles. The lowest BCUT2D eigenvalue weighted by atomic mass is 9.82. The van der Waals surface area contributed by atoms with E-state index in [4.69, 9.17) is 0 Å². The molecule has 4 nitrogen and oxygen atoms in total. The van der Waals surface area contributed by atoms with Gasteiger partial charge in [0.15, 0.2) is 0 Å². The minimum Gasteiger partial charge on any atom is -0.346 e. The second kappa shape index (κ2) is 8.04. The summed E-state index contributed by atoms with van der Waals surface area (Å²) in [5, 5.41) is 3.38. The Kier molecular flexibility index (Phi) is 5.51. The van der Waals surface area contributed by atoms with Crippen LogP contribution in [0.1, 0.15) is 74.6 Å². The first-order chi connectivity index (χ1) is 13.1. The number of likely N-dealkylation sites (tertiary alicyclic amines) is 1. The van der Waals surface area contributed by atoms with E-state index in [-0.39, 0.29) is 11.4 Å². The summed E-state index contributed by atoms with van der Waals surface area (Å²) in [6.07, 6.45) is 11.2. The van der Waals surface area contributed by atoms with Gasteiger partial charge in [-0.3, -0.25) is 9.59 Å². The zero-order valence-electron chi connectivity index (χ0n) is 16.3. The lowest BCUT2D eigenvalue weighted by Gasteiger charge is -2.43. The first-order valence-electron chi connectivity index (χ1n) is 10.8. The summed E-state index contributed by atoms with van der Waals surface area (Å²) in [6, 6.07) is 9.51. The van der Waals surface area contributed by atoms with E-state index in [2.05, 4.69) is 10.2 Å². The summed E-state index contributed by atoms with van der Waals surface area (Å²) < 4.78 is 0. The molecule has 3 fully saturated rings. The number of carbonyl (C=O) groups excluding carboxylic acids is 2. The Morgan fingerprint density at radius 3 is 2.26 bits per heavy atom. The third-order valence-electron chi connectivity index (χ3n) is 6.80. The normalized spacial score (nSPS) is 22.6. The van der Waals surface area contributed by atoms with Crippen LogP contribution in [0.2, 0.25) is 0 Å². The molecule has 4 heteroatoms. The maximum atomic E-state index is 12.8. The number of hydrogen-bond donors (Lipinski definition) is 1. The van der Waals surface area contributed by atoms with E-state index in [1.165, 1.54) is 38.5 Å². The van der Waals surface area contributed by atoms with Crippen molar-refractivity contribution in [1.29, 1.82) is 0 Å². The number of nitrogens with one attached hydrogen (secondary N) is 1. The van der Waals surface area contributed by atoms with Gasteiger partial charge in [0.2, 0.25) is 5.91 Å². The first kappa shape index (κ1) is 18.5. The van der Waals surface area contributed by atoms with Crippen LogP contribution in [0.5, 0.6) is 0 Å². The quantitative estimate of drug-likeness (QED) is 0.820. The average Bonchev–Trinajstić information content (AvgIpc) is 3.34. The first-order valence-corrected chi connectivity index (χ1v) is 10.8. The van der Waals surface area contributed by atoms with Gasteiger partial charge in [0, 0.05) is 30.6 Å². The van der Waals surface area contributed by atoms with Crippen molar-refractivity contribution in [2.24, 2.45) is 11.8 Å². The van der Waals surface area contributed by atoms with Crippen LogP contribution in [-0.4, -0.2) is 35.3 Å². The van der Waals surface area contributed by atoms with E-state index in [0.717, 1.165) is 50.3 Å². The van der Waals surface area contributed by atoms with Crippen LogP contribution in [-0.2, 0) is 4.79 Å². The van der Waals surface area contributed by atoms with Gasteiger partial charge < -0.3 is 10.2 Å². The number of piperidine rings is 1. The van der Waals surface area contributed by atoms with E-state index in [1.54, 1.807) is 0 Å². The third kappa shape index (κ3) is 4.72. The lowest BCUT2D eigenvalue weighted by Crippen LogP contribution is -2.56. The van der Waals surface area contributed by atoms with E-state index >= 15 is 0 Å². The van der Waals surface area contributed by atoms with Gasteiger partial charge in [-0.05, 0) is 56.1 Å². The molecule has 2 amide bonds. The fourth-order valence-corrected chi connectivity index (χ4v) is 4.93. The predicted octanol–water partition coefficient (Wildman–Crippen LogP) is 4.16. The molecule has 0 spiro atoms. The van der Waals surface area contributed by atoms with Gasteiger partial charge in [-0.25, -0.2) is 0 Å². The molecule has 2 saturated carbocycles. The van der Waals surface area contributed by atoms with Gasteiger partial charge in [-0.15, -0.1) is 0 Å². The van der Waals surface area contributed by atoms with Crippen molar-refractivity contribution >= 4 is 11.8 Å². The highest BCUT2D eigenvalue weighted by Crippen LogP contribution is 2.41. The Bertz CT molecular complexity index is 654. The zero-order valence-corrected chi connectivity index (χ0v) is 16.3. The molecule has 1 heterocycles. The van der Waals surface area contributed by atoms with E-state index in [0.29, 0.717) is 11.8 Å². The molecule has 1 aliphatic heterocycles. The van der Waals surface area contributed by atoms with Crippen LogP contribution < -0.4 is 5.32 Å². The lowest BCUT2D eigenvalue weighted by molar-refractivity contribution is -0.133. The van der Waals surface area contributed by atoms with Crippen molar-refractivity contribution in [3.05, 3.63) is 35.9 Å². The average molecular weight is 369 g/mol. The molecule has 1 saturated heterocycles. The highest BCUT2D eigenvalue weighted by molar-refractivity contribution is 5.94. The molecule has 0 radical (unpaired) electrons. The molecule has 0 atom stereocenters. The van der Waals surface area contributed by atoms with Crippen LogP contribution in [0.3, 0.4) is 0 Å². The second-order valence-electron chi connectivity index (χ2n) is 8.98. The summed E-state index contributed by atoms with van der Waals surface area (Å²) in [6.45, 7) is 1.57. The smallest absolute Gasteiger partial charge is 0.251 e. The Morgan fingerprint density at radius 1 is 0.963 bits per heavy atom. The van der Waals surface area contributed by atoms with Crippen molar-refractivity contribution in [2.75, 3.05) is 13.1 Å². The highest BCUT2D eigenvalue weighted by Gasteiger charge is 2.41. The number of carbonyl (C=O) groups is 2. The molecule has 0 aromatic heterocycles. The summed E-state index contributed by atoms with van der Waals surface area (Å²) in [5.74, 6) is 1.72. The molecule has 0 unspecified atom stereocenters. The summed E-state index contributed by atoms with van der Waals surface area (Å²) in [5.41, 5.74) is 0.588. The Balaban J connectivity index is 1.37. The van der Waals surface area contributed by atoms with Crippen LogP contribution >= 0.6 is 0 Å². The van der Waals surface area contributed by atoms with E-state index < -0.39 is 0 Å². The standard InChI is InChI=1S/C23H32N2O2/c26-21(16-18-6-4-5-7-18)25-14-12-23(13-15-25,17-19-10-11-19)24-22(27)20-8-2-1-3-9-20/h1-3,8-9,18-19H,4-7,10-17H2,(H,24,27). The van der Waals surface area contributed by atoms with E-state index in [9.17, 15) is 9.59 Å². The predicted molar refractivity (Wildman–Crippen MR) is 106 cm³/mol. The third-order valence-corrected chi connectivity index (χ3v) is 6.80. The molecule has 0 bridgehead atoms. The maximum absolute atomic E-state index is 12.8. The van der Waals surface area contributed by atoms with E-state index in [1.807, 2.05) is 30.3 Å². The number of amides is 2. The summed E-state index contributed by atoms with van der Waals surface area (Å²) in [7, 11) is 0. The van der Waals surface area contributed by atoms with Crippen molar-refractivity contribution in [3.63, 3.8) is 0 Å². The molecule has 3 aliphatic rings. The fraction of sp³-hybridized carbons (Fsp3) is 0.652. The van der Waals surface area contributed by atoms with Crippen LogP contribution in [0, 0.1) is 11.8 Å². The minimum atomic E-state index is -0.141. The SMILES string of the molecule is O=C(NC1(CC2CC2)CCN(C(=O)CC2CCCC2)CC1)c1ccccc1. The topological polar surface area (TPSA) is 49.4 Å². The highest BCUT2D eigenvalue weighted by atomic mass is 16.2. The molecular weight excluding hydrogens is 336 g/mol. The van der Waals surface area contributed by atoms with Gasteiger partial charge in [0.25, 0.3) is 5.91 Å². The summed E-state index contributed by atoms with van der Waals surface area (Å²) in [4.78, 5) is 27.5. The number of hydrogen-bond acceptors (Lipinski definition) is 2. The zero-order chi connectivity index (χ0) is 18.7. The molecule has 1 aromatic rings. The van der Waals surface area contributed by atoms with Gasteiger partial charge in [-0.2, -0.15) is 0 Å². The number of nitrogens with zero attached hydrogens (tertiary/aromatic N) is 1.